The van der Waals surface area contributed by atoms with Crippen LogP contribution < -0.4 is 0 Å². The van der Waals surface area contributed by atoms with Gasteiger partial charge in [0, 0.05) is 0 Å². The monoisotopic (exact) mass is 152 g/mol. The molecule has 1 heterocycles. The lowest BCUT2D eigenvalue weighted by molar-refractivity contribution is 0.501. The number of rotatable bonds is 0. The van der Waals surface area contributed by atoms with Crippen molar-refractivity contribution >= 4 is 9.52 Å². The summed E-state index contributed by atoms with van der Waals surface area (Å²) in [6.45, 7) is 0. The predicted octanol–water partition coefficient (Wildman–Crippen LogP) is 1.92. The molecule has 0 aromatic heterocycles. The van der Waals surface area contributed by atoms with Crippen LogP contribution in [0, 0.1) is 0 Å². The molecule has 1 aliphatic heterocycles. The molecule has 0 bridgehead atoms. The van der Waals surface area contributed by atoms with E-state index in [4.69, 9.17) is 0 Å². The van der Waals surface area contributed by atoms with Crippen LogP contribution in [0.1, 0.15) is 0 Å². The van der Waals surface area contributed by atoms with Crippen LogP contribution in [0.25, 0.3) is 0 Å². The third kappa shape index (κ3) is 0.916. The topological polar surface area (TPSA) is 0 Å². The largest absolute Gasteiger partial charge is 0.214 e. The van der Waals surface area contributed by atoms with Gasteiger partial charge >= 0.3 is 0 Å². The summed E-state index contributed by atoms with van der Waals surface area (Å²) in [5.41, 5.74) is -2.69. The molecule has 0 saturated carbocycles. The van der Waals surface area contributed by atoms with Gasteiger partial charge in [0.2, 0.25) is 9.52 Å². The molecule has 1 aliphatic rings. The summed E-state index contributed by atoms with van der Waals surface area (Å²) in [5, 5.41) is 0. The smallest absolute Gasteiger partial charge is 0.210 e. The number of halogens is 4. The molecule has 0 atom stereocenters. The maximum absolute atomic E-state index is 11.8. The van der Waals surface area contributed by atoms with Gasteiger partial charge in [0.05, 0.1) is 0 Å². The summed E-state index contributed by atoms with van der Waals surface area (Å²) in [6, 6.07) is 0. The van der Waals surface area contributed by atoms with E-state index in [1.54, 1.807) is 0 Å². The van der Waals surface area contributed by atoms with Crippen molar-refractivity contribution in [2.75, 3.05) is 0 Å². The molecular weight excluding hydrogens is 152 g/mol. The minimum atomic E-state index is -1.69. The average Bonchev–Trinajstić information content (AvgIpc) is 1.98. The lowest BCUT2D eigenvalue weighted by atomic mass is 10.5. The van der Waals surface area contributed by atoms with Crippen LogP contribution in [-0.2, 0) is 0 Å². The molecule has 0 nitrogen and oxygen atoms in total. The van der Waals surface area contributed by atoms with E-state index >= 15 is 0 Å². The number of hydrogen-bond donors (Lipinski definition) is 0. The molecule has 0 aromatic rings. The Morgan fingerprint density at radius 3 is 1.22 bits per heavy atom. The zero-order valence-electron chi connectivity index (χ0n) is 4.01. The Hall–Kier alpha value is -0.583. The zero-order chi connectivity index (χ0) is 7.02. The Balaban J connectivity index is 2.97. The Labute approximate surface area is 50.7 Å². The SMILES string of the molecule is FC1=C(F)C(F)=C(F)[Si]1. The Morgan fingerprint density at radius 2 is 1.11 bits per heavy atom. The maximum Gasteiger partial charge on any atom is 0.210 e. The quantitative estimate of drug-likeness (QED) is 0.367. The molecular formula is C4F4Si. The highest BCUT2D eigenvalue weighted by atomic mass is 28.2. The summed E-state index contributed by atoms with van der Waals surface area (Å²) in [5.74, 6) is -3.38. The van der Waals surface area contributed by atoms with Crippen molar-refractivity contribution < 1.29 is 17.6 Å². The van der Waals surface area contributed by atoms with Gasteiger partial charge in [-0.15, -0.1) is 0 Å². The molecule has 0 N–H and O–H groups in total. The lowest BCUT2D eigenvalue weighted by Crippen LogP contribution is -1.85. The van der Waals surface area contributed by atoms with E-state index in [1.165, 1.54) is 0 Å². The van der Waals surface area contributed by atoms with Gasteiger partial charge in [0.25, 0.3) is 0 Å². The van der Waals surface area contributed by atoms with Crippen molar-refractivity contribution in [1.82, 2.24) is 0 Å². The molecule has 0 saturated heterocycles. The van der Waals surface area contributed by atoms with Crippen LogP contribution in [-0.4, -0.2) is 9.52 Å². The standard InChI is InChI=1S/C4F4Si/c5-1-2(6)4(8)9-3(1)7. The van der Waals surface area contributed by atoms with Gasteiger partial charge in [0.1, 0.15) is 10.9 Å². The van der Waals surface area contributed by atoms with Gasteiger partial charge in [-0.1, -0.05) is 0 Å². The zero-order valence-corrected chi connectivity index (χ0v) is 5.01. The first-order chi connectivity index (χ1) is 4.13. The maximum atomic E-state index is 11.8. The van der Waals surface area contributed by atoms with Gasteiger partial charge in [-0.2, -0.15) is 0 Å². The third-order valence-electron chi connectivity index (χ3n) is 0.798. The van der Waals surface area contributed by atoms with E-state index in [1.807, 2.05) is 0 Å². The molecule has 48 valence electrons. The first kappa shape index (κ1) is 6.54. The molecule has 0 aromatic carbocycles. The van der Waals surface area contributed by atoms with Gasteiger partial charge in [0.15, 0.2) is 11.7 Å². The van der Waals surface area contributed by atoms with Crippen molar-refractivity contribution in [3.63, 3.8) is 0 Å². The minimum Gasteiger partial charge on any atom is -0.214 e. The molecule has 0 aliphatic carbocycles. The van der Waals surface area contributed by atoms with E-state index in [0.29, 0.717) is 0 Å². The minimum absolute atomic E-state index is 1.11. The van der Waals surface area contributed by atoms with Crippen LogP contribution in [0.3, 0.4) is 0 Å². The van der Waals surface area contributed by atoms with E-state index in [0.717, 1.165) is 0 Å². The molecule has 0 unspecified atom stereocenters. The summed E-state index contributed by atoms with van der Waals surface area (Å²) in [4.78, 5) is 0. The third-order valence-corrected chi connectivity index (χ3v) is 1.68. The number of hydrogen-bond acceptors (Lipinski definition) is 0. The van der Waals surface area contributed by atoms with Crippen LogP contribution in [0.4, 0.5) is 17.6 Å². The lowest BCUT2D eigenvalue weighted by Gasteiger charge is -1.81. The fraction of sp³-hybridized carbons (Fsp3) is 0. The van der Waals surface area contributed by atoms with Crippen molar-refractivity contribution in [3.05, 3.63) is 22.6 Å². The Morgan fingerprint density at radius 1 is 0.778 bits per heavy atom. The second-order valence-electron chi connectivity index (χ2n) is 1.38. The average molecular weight is 152 g/mol. The second kappa shape index (κ2) is 1.98. The van der Waals surface area contributed by atoms with Crippen LogP contribution in [0.5, 0.6) is 0 Å². The molecule has 9 heavy (non-hydrogen) atoms. The van der Waals surface area contributed by atoms with Gasteiger partial charge in [-0.25, -0.2) is 17.6 Å². The highest BCUT2D eigenvalue weighted by molar-refractivity contribution is 6.54. The molecule has 0 fully saturated rings. The van der Waals surface area contributed by atoms with E-state index in [9.17, 15) is 17.6 Å². The first-order valence-electron chi connectivity index (χ1n) is 2.01. The van der Waals surface area contributed by atoms with Gasteiger partial charge in [-0.05, 0) is 0 Å². The fourth-order valence-corrected chi connectivity index (χ4v) is 1.03. The normalized spacial score (nSPS) is 20.0. The van der Waals surface area contributed by atoms with Crippen molar-refractivity contribution in [2.24, 2.45) is 0 Å². The number of allylic oxidation sites excluding steroid dienone is 2. The van der Waals surface area contributed by atoms with E-state index < -0.39 is 32.1 Å². The summed E-state index contributed by atoms with van der Waals surface area (Å²) in [6.07, 6.45) is 0. The molecule has 0 amide bonds. The second-order valence-corrected chi connectivity index (χ2v) is 2.51. The molecule has 2 radical (unpaired) electrons. The highest BCUT2D eigenvalue weighted by Gasteiger charge is 2.26. The predicted molar refractivity (Wildman–Crippen MR) is 24.2 cm³/mol. The Kier molecular flexibility index (Phi) is 1.44. The first-order valence-corrected chi connectivity index (χ1v) is 3.01. The highest BCUT2D eigenvalue weighted by Crippen LogP contribution is 2.29. The summed E-state index contributed by atoms with van der Waals surface area (Å²) >= 11 is 0. The van der Waals surface area contributed by atoms with Crippen LogP contribution in [0.15, 0.2) is 22.6 Å². The van der Waals surface area contributed by atoms with Gasteiger partial charge < -0.3 is 0 Å². The molecule has 5 heteroatoms. The molecule has 0 spiro atoms. The van der Waals surface area contributed by atoms with E-state index in [-0.39, 0.29) is 0 Å². The summed E-state index contributed by atoms with van der Waals surface area (Å²) < 4.78 is 47.2. The van der Waals surface area contributed by atoms with Crippen molar-refractivity contribution in [3.8, 4) is 0 Å². The van der Waals surface area contributed by atoms with Crippen molar-refractivity contribution in [1.29, 1.82) is 0 Å². The molecule has 1 rings (SSSR count). The van der Waals surface area contributed by atoms with Gasteiger partial charge in [-0.3, -0.25) is 0 Å². The Bertz CT molecular complexity index is 183. The fourth-order valence-electron chi connectivity index (χ4n) is 0.399. The van der Waals surface area contributed by atoms with Crippen LogP contribution in [0.2, 0.25) is 0 Å². The van der Waals surface area contributed by atoms with Crippen LogP contribution >= 0.6 is 0 Å². The van der Waals surface area contributed by atoms with Crippen molar-refractivity contribution in [2.45, 2.75) is 0 Å². The van der Waals surface area contributed by atoms with E-state index in [2.05, 4.69) is 0 Å². The summed E-state index contributed by atoms with van der Waals surface area (Å²) in [7, 11) is -1.11.